The third kappa shape index (κ3) is 2.64. The standard InChI is InChI=1S/C28H28N2/c1-19(11-9-10-16-29-4)30-26-15-8-6-13-21(26)23-17-22-20-12-5-7-14-24(20)28(2,3)25(22)18-27(23)30/h5-19,29H,1-4H3/b11-9-,16-10-. The molecule has 1 N–H and O–H groups in total. The Bertz CT molecular complexity index is 1320. The van der Waals surface area contributed by atoms with Crippen LogP contribution < -0.4 is 5.32 Å². The summed E-state index contributed by atoms with van der Waals surface area (Å²) in [5.74, 6) is 0. The van der Waals surface area contributed by atoms with Crippen molar-refractivity contribution in [3.8, 4) is 11.1 Å². The maximum absolute atomic E-state index is 3.04. The van der Waals surface area contributed by atoms with Crippen LogP contribution in [0.4, 0.5) is 0 Å². The Hall–Kier alpha value is -3.26. The highest BCUT2D eigenvalue weighted by Gasteiger charge is 2.36. The van der Waals surface area contributed by atoms with Crippen LogP contribution >= 0.6 is 0 Å². The monoisotopic (exact) mass is 392 g/mol. The van der Waals surface area contributed by atoms with Gasteiger partial charge in [-0.2, -0.15) is 0 Å². The zero-order valence-corrected chi connectivity index (χ0v) is 18.1. The summed E-state index contributed by atoms with van der Waals surface area (Å²) in [7, 11) is 1.92. The van der Waals surface area contributed by atoms with Gasteiger partial charge in [0.1, 0.15) is 0 Å². The van der Waals surface area contributed by atoms with Crippen LogP contribution in [0.15, 0.2) is 85.1 Å². The highest BCUT2D eigenvalue weighted by molar-refractivity contribution is 6.10. The minimum absolute atomic E-state index is 0.00993. The fraction of sp³-hybridized carbons (Fsp3) is 0.214. The molecule has 2 nitrogen and oxygen atoms in total. The van der Waals surface area contributed by atoms with Crippen molar-refractivity contribution in [3.05, 3.63) is 96.2 Å². The van der Waals surface area contributed by atoms with Crippen LogP contribution in [0.25, 0.3) is 32.9 Å². The third-order valence-corrected chi connectivity index (χ3v) is 6.58. The molecule has 0 radical (unpaired) electrons. The lowest BCUT2D eigenvalue weighted by Crippen LogP contribution is -2.15. The molecule has 2 heteroatoms. The molecule has 0 spiro atoms. The number of fused-ring (bicyclic) bond motifs is 6. The Kier molecular flexibility index (Phi) is 4.32. The number of hydrogen-bond acceptors (Lipinski definition) is 1. The predicted octanol–water partition coefficient (Wildman–Crippen LogP) is 6.95. The molecule has 0 aliphatic heterocycles. The molecule has 0 saturated carbocycles. The highest BCUT2D eigenvalue weighted by Crippen LogP contribution is 2.50. The summed E-state index contributed by atoms with van der Waals surface area (Å²) in [6.45, 7) is 6.97. The summed E-state index contributed by atoms with van der Waals surface area (Å²) in [4.78, 5) is 0. The Morgan fingerprint density at radius 2 is 1.60 bits per heavy atom. The SMILES string of the molecule is CN/C=C\C=C/C(C)n1c2ccccc2c2cc3c(cc21)C(C)(C)c1ccccc1-3. The van der Waals surface area contributed by atoms with Crippen molar-refractivity contribution in [2.45, 2.75) is 32.2 Å². The van der Waals surface area contributed by atoms with E-state index in [0.29, 0.717) is 0 Å². The normalized spacial score (nSPS) is 15.9. The quantitative estimate of drug-likeness (QED) is 0.372. The summed E-state index contributed by atoms with van der Waals surface area (Å²) in [5.41, 5.74) is 8.21. The first-order chi connectivity index (χ1) is 14.5. The minimum atomic E-state index is 0.00993. The van der Waals surface area contributed by atoms with Crippen LogP contribution in [0.5, 0.6) is 0 Å². The lowest BCUT2D eigenvalue weighted by molar-refractivity contribution is 0.659. The van der Waals surface area contributed by atoms with Gasteiger partial charge in [0, 0.05) is 40.3 Å². The average molecular weight is 393 g/mol. The summed E-state index contributed by atoms with van der Waals surface area (Å²) in [6.07, 6.45) is 8.37. The first-order valence-corrected chi connectivity index (χ1v) is 10.7. The van der Waals surface area contributed by atoms with Crippen LogP contribution in [0, 0.1) is 0 Å². The van der Waals surface area contributed by atoms with Gasteiger partial charge >= 0.3 is 0 Å². The lowest BCUT2D eigenvalue weighted by atomic mass is 9.82. The molecule has 30 heavy (non-hydrogen) atoms. The van der Waals surface area contributed by atoms with E-state index in [1.54, 1.807) is 0 Å². The number of aromatic nitrogens is 1. The largest absolute Gasteiger partial charge is 0.394 e. The van der Waals surface area contributed by atoms with Crippen LogP contribution in [-0.4, -0.2) is 11.6 Å². The molecule has 0 bridgehead atoms. The zero-order chi connectivity index (χ0) is 20.9. The van der Waals surface area contributed by atoms with Gasteiger partial charge in [-0.15, -0.1) is 0 Å². The molecule has 0 amide bonds. The minimum Gasteiger partial charge on any atom is -0.394 e. The van der Waals surface area contributed by atoms with E-state index >= 15 is 0 Å². The van der Waals surface area contributed by atoms with Crippen molar-refractivity contribution in [2.75, 3.05) is 7.05 Å². The Morgan fingerprint density at radius 1 is 0.833 bits per heavy atom. The van der Waals surface area contributed by atoms with Crippen molar-refractivity contribution in [1.29, 1.82) is 0 Å². The number of nitrogens with one attached hydrogen (secondary N) is 1. The van der Waals surface area contributed by atoms with Crippen molar-refractivity contribution in [1.82, 2.24) is 9.88 Å². The third-order valence-electron chi connectivity index (χ3n) is 6.58. The van der Waals surface area contributed by atoms with E-state index in [2.05, 4.69) is 103 Å². The second kappa shape index (κ2) is 6.91. The number of hydrogen-bond donors (Lipinski definition) is 1. The number of rotatable bonds is 4. The number of allylic oxidation sites excluding steroid dienone is 3. The predicted molar refractivity (Wildman–Crippen MR) is 129 cm³/mol. The molecule has 1 aliphatic carbocycles. The second-order valence-electron chi connectivity index (χ2n) is 8.75. The van der Waals surface area contributed by atoms with Gasteiger partial charge in [-0.3, -0.25) is 0 Å². The van der Waals surface area contributed by atoms with E-state index in [-0.39, 0.29) is 11.5 Å². The highest BCUT2D eigenvalue weighted by atomic mass is 15.0. The van der Waals surface area contributed by atoms with Crippen molar-refractivity contribution < 1.29 is 0 Å². The smallest absolute Gasteiger partial charge is 0.0500 e. The molecular weight excluding hydrogens is 364 g/mol. The summed E-state index contributed by atoms with van der Waals surface area (Å²) in [5, 5.41) is 5.70. The van der Waals surface area contributed by atoms with E-state index in [4.69, 9.17) is 0 Å². The molecule has 1 atom stereocenters. The molecule has 1 aromatic heterocycles. The first-order valence-electron chi connectivity index (χ1n) is 10.7. The molecule has 1 aliphatic rings. The first kappa shape index (κ1) is 18.7. The summed E-state index contributed by atoms with van der Waals surface area (Å²) >= 11 is 0. The lowest BCUT2D eigenvalue weighted by Gasteiger charge is -2.22. The summed E-state index contributed by atoms with van der Waals surface area (Å²) in [6, 6.07) is 22.8. The second-order valence-corrected chi connectivity index (χ2v) is 8.75. The maximum Gasteiger partial charge on any atom is 0.0500 e. The molecular formula is C28H28N2. The van der Waals surface area contributed by atoms with Crippen LogP contribution in [0.1, 0.15) is 37.9 Å². The van der Waals surface area contributed by atoms with Gasteiger partial charge in [0.25, 0.3) is 0 Å². The molecule has 4 aromatic rings. The van der Waals surface area contributed by atoms with Gasteiger partial charge in [-0.05, 0) is 59.7 Å². The molecule has 3 aromatic carbocycles. The maximum atomic E-state index is 3.04. The number of nitrogens with zero attached hydrogens (tertiary/aromatic N) is 1. The van der Waals surface area contributed by atoms with Gasteiger partial charge in [-0.1, -0.05) is 68.5 Å². The van der Waals surface area contributed by atoms with E-state index in [1.807, 2.05) is 19.3 Å². The summed E-state index contributed by atoms with van der Waals surface area (Å²) < 4.78 is 2.48. The van der Waals surface area contributed by atoms with Gasteiger partial charge in [-0.25, -0.2) is 0 Å². The number of para-hydroxylation sites is 1. The van der Waals surface area contributed by atoms with Crippen LogP contribution in [-0.2, 0) is 5.41 Å². The average Bonchev–Trinajstić information content (AvgIpc) is 3.20. The molecule has 0 saturated heterocycles. The molecule has 150 valence electrons. The van der Waals surface area contributed by atoms with Gasteiger partial charge in [0.15, 0.2) is 0 Å². The molecule has 1 heterocycles. The molecule has 0 fully saturated rings. The van der Waals surface area contributed by atoms with E-state index in [1.165, 1.54) is 44.1 Å². The molecule has 1 unspecified atom stereocenters. The van der Waals surface area contributed by atoms with Crippen molar-refractivity contribution in [2.24, 2.45) is 0 Å². The van der Waals surface area contributed by atoms with Gasteiger partial charge < -0.3 is 9.88 Å². The van der Waals surface area contributed by atoms with Crippen molar-refractivity contribution >= 4 is 21.8 Å². The number of benzene rings is 3. The van der Waals surface area contributed by atoms with E-state index in [0.717, 1.165) is 0 Å². The van der Waals surface area contributed by atoms with Crippen LogP contribution in [0.2, 0.25) is 0 Å². The van der Waals surface area contributed by atoms with Crippen molar-refractivity contribution in [3.63, 3.8) is 0 Å². The topological polar surface area (TPSA) is 17.0 Å². The zero-order valence-electron chi connectivity index (χ0n) is 18.1. The fourth-order valence-electron chi connectivity index (χ4n) is 5.09. The Labute approximate surface area is 178 Å². The van der Waals surface area contributed by atoms with E-state index in [9.17, 15) is 0 Å². The van der Waals surface area contributed by atoms with Gasteiger partial charge in [0.05, 0.1) is 0 Å². The van der Waals surface area contributed by atoms with Gasteiger partial charge in [0.2, 0.25) is 0 Å². The van der Waals surface area contributed by atoms with E-state index < -0.39 is 0 Å². The fourth-order valence-corrected chi connectivity index (χ4v) is 5.09. The molecule has 5 rings (SSSR count). The van der Waals surface area contributed by atoms with Crippen LogP contribution in [0.3, 0.4) is 0 Å². The Morgan fingerprint density at radius 3 is 2.43 bits per heavy atom. The Balaban J connectivity index is 1.79.